The van der Waals surface area contributed by atoms with Gasteiger partial charge in [0.05, 0.1) is 10.6 Å². The first kappa shape index (κ1) is 31.7. The van der Waals surface area contributed by atoms with Gasteiger partial charge in [-0.05, 0) is 81.3 Å². The fourth-order valence-corrected chi connectivity index (χ4v) is 5.86. The van der Waals surface area contributed by atoms with Crippen molar-refractivity contribution in [3.8, 4) is 0 Å². The Morgan fingerprint density at radius 1 is 0.900 bits per heavy atom. The standard InChI is InChI=1S/C29H32Cl3N3O4S/c1-5-20(3)33-29(37)21(4)34(17-22-8-9-24(31)16-27(22)32)28(36)18-35(25-12-6-19(2)7-13-25)40(38,39)26-14-10-23(30)11-15-26/h6-16,20-21H,5,17-18H2,1-4H3,(H,33,37)/t20-,21-/m0/s1. The van der Waals surface area contributed by atoms with Crippen LogP contribution >= 0.6 is 34.8 Å². The molecule has 0 unspecified atom stereocenters. The Kier molecular flexibility index (Phi) is 10.9. The molecule has 0 aliphatic carbocycles. The van der Waals surface area contributed by atoms with E-state index in [4.69, 9.17) is 34.8 Å². The molecule has 0 heterocycles. The van der Waals surface area contributed by atoms with E-state index >= 15 is 0 Å². The Hall–Kier alpha value is -2.78. The van der Waals surface area contributed by atoms with Crippen molar-refractivity contribution in [1.82, 2.24) is 10.2 Å². The molecule has 1 N–H and O–H groups in total. The van der Waals surface area contributed by atoms with Gasteiger partial charge in [-0.1, -0.05) is 65.5 Å². The molecular weight excluding hydrogens is 593 g/mol. The average Bonchev–Trinajstić information content (AvgIpc) is 2.91. The predicted molar refractivity (Wildman–Crippen MR) is 162 cm³/mol. The smallest absolute Gasteiger partial charge is 0.264 e. The van der Waals surface area contributed by atoms with E-state index in [9.17, 15) is 18.0 Å². The summed E-state index contributed by atoms with van der Waals surface area (Å²) in [5.74, 6) is -0.953. The highest BCUT2D eigenvalue weighted by molar-refractivity contribution is 7.92. The number of aryl methyl sites for hydroxylation is 1. The first-order valence-electron chi connectivity index (χ1n) is 12.7. The first-order chi connectivity index (χ1) is 18.8. The summed E-state index contributed by atoms with van der Waals surface area (Å²) in [5, 5.41) is 4.02. The molecule has 0 saturated carbocycles. The minimum absolute atomic E-state index is 0.0277. The molecule has 40 heavy (non-hydrogen) atoms. The summed E-state index contributed by atoms with van der Waals surface area (Å²) < 4.78 is 28.7. The topological polar surface area (TPSA) is 86.8 Å². The molecule has 7 nitrogen and oxygen atoms in total. The molecule has 3 aromatic rings. The molecule has 0 bridgehead atoms. The Balaban J connectivity index is 2.04. The van der Waals surface area contributed by atoms with E-state index in [1.807, 2.05) is 20.8 Å². The van der Waals surface area contributed by atoms with Gasteiger partial charge in [0.2, 0.25) is 11.8 Å². The molecule has 0 radical (unpaired) electrons. The molecule has 2 atom stereocenters. The monoisotopic (exact) mass is 623 g/mol. The van der Waals surface area contributed by atoms with Crippen LogP contribution in [-0.2, 0) is 26.2 Å². The normalized spacial score (nSPS) is 12.9. The Morgan fingerprint density at radius 3 is 2.08 bits per heavy atom. The summed E-state index contributed by atoms with van der Waals surface area (Å²) in [6.07, 6.45) is 0.704. The van der Waals surface area contributed by atoms with Crippen LogP contribution in [0.25, 0.3) is 0 Å². The number of nitrogens with one attached hydrogen (secondary N) is 1. The van der Waals surface area contributed by atoms with Crippen LogP contribution in [0.15, 0.2) is 71.6 Å². The van der Waals surface area contributed by atoms with E-state index in [0.29, 0.717) is 32.7 Å². The molecule has 0 aliphatic rings. The van der Waals surface area contributed by atoms with Crippen LogP contribution < -0.4 is 9.62 Å². The lowest BCUT2D eigenvalue weighted by Crippen LogP contribution is -2.52. The number of sulfonamides is 1. The van der Waals surface area contributed by atoms with E-state index in [0.717, 1.165) is 9.87 Å². The van der Waals surface area contributed by atoms with E-state index in [1.54, 1.807) is 49.4 Å². The van der Waals surface area contributed by atoms with Crippen molar-refractivity contribution in [3.63, 3.8) is 0 Å². The van der Waals surface area contributed by atoms with Crippen molar-refractivity contribution < 1.29 is 18.0 Å². The zero-order chi connectivity index (χ0) is 29.6. The SMILES string of the molecule is CC[C@H](C)NC(=O)[C@H](C)N(Cc1ccc(Cl)cc1Cl)C(=O)CN(c1ccc(C)cc1)S(=O)(=O)c1ccc(Cl)cc1. The van der Waals surface area contributed by atoms with Gasteiger partial charge in [-0.2, -0.15) is 0 Å². The number of rotatable bonds is 11. The van der Waals surface area contributed by atoms with E-state index < -0.39 is 28.5 Å². The van der Waals surface area contributed by atoms with Crippen LogP contribution in [0.1, 0.15) is 38.3 Å². The molecule has 0 fully saturated rings. The third kappa shape index (κ3) is 7.91. The molecule has 214 valence electrons. The van der Waals surface area contributed by atoms with Crippen LogP contribution in [-0.4, -0.2) is 43.8 Å². The molecule has 11 heteroatoms. The lowest BCUT2D eigenvalue weighted by Gasteiger charge is -2.32. The van der Waals surface area contributed by atoms with Gasteiger partial charge >= 0.3 is 0 Å². The minimum Gasteiger partial charge on any atom is -0.352 e. The molecule has 0 aromatic heterocycles. The van der Waals surface area contributed by atoms with Crippen LogP contribution in [0.2, 0.25) is 15.1 Å². The number of hydrogen-bond acceptors (Lipinski definition) is 4. The maximum Gasteiger partial charge on any atom is 0.264 e. The quantitative estimate of drug-likeness (QED) is 0.265. The summed E-state index contributed by atoms with van der Waals surface area (Å²) >= 11 is 18.5. The van der Waals surface area contributed by atoms with Crippen molar-refractivity contribution in [2.45, 2.75) is 57.6 Å². The van der Waals surface area contributed by atoms with Crippen molar-refractivity contribution in [3.05, 3.63) is 92.9 Å². The van der Waals surface area contributed by atoms with Gasteiger partial charge in [0.15, 0.2) is 0 Å². The number of carbonyl (C=O) groups excluding carboxylic acids is 2. The largest absolute Gasteiger partial charge is 0.352 e. The molecule has 3 aromatic carbocycles. The van der Waals surface area contributed by atoms with E-state index in [-0.39, 0.29) is 23.4 Å². The van der Waals surface area contributed by atoms with Crippen LogP contribution in [0, 0.1) is 6.92 Å². The minimum atomic E-state index is -4.18. The number of hydrogen-bond donors (Lipinski definition) is 1. The van der Waals surface area contributed by atoms with Gasteiger partial charge in [0, 0.05) is 27.7 Å². The third-order valence-corrected chi connectivity index (χ3v) is 9.15. The third-order valence-electron chi connectivity index (χ3n) is 6.53. The second-order valence-corrected chi connectivity index (χ2v) is 12.7. The zero-order valence-corrected chi connectivity index (χ0v) is 25.8. The Labute approximate surface area is 251 Å². The van der Waals surface area contributed by atoms with Gasteiger partial charge in [0.1, 0.15) is 12.6 Å². The molecule has 2 amide bonds. The Bertz CT molecular complexity index is 1450. The van der Waals surface area contributed by atoms with E-state index in [1.165, 1.54) is 29.2 Å². The molecule has 0 saturated heterocycles. The zero-order valence-electron chi connectivity index (χ0n) is 22.7. The van der Waals surface area contributed by atoms with Crippen LogP contribution in [0.5, 0.6) is 0 Å². The van der Waals surface area contributed by atoms with Crippen molar-refractivity contribution in [1.29, 1.82) is 0 Å². The summed E-state index contributed by atoms with van der Waals surface area (Å²) in [4.78, 5) is 28.4. The number of nitrogens with zero attached hydrogens (tertiary/aromatic N) is 2. The fraction of sp³-hybridized carbons (Fsp3) is 0.310. The number of carbonyl (C=O) groups is 2. The predicted octanol–water partition coefficient (Wildman–Crippen LogP) is 6.48. The summed E-state index contributed by atoms with van der Waals surface area (Å²) in [6, 6.07) is 16.3. The summed E-state index contributed by atoms with van der Waals surface area (Å²) in [5.41, 5.74) is 1.79. The van der Waals surface area contributed by atoms with E-state index in [2.05, 4.69) is 5.32 Å². The number of benzene rings is 3. The van der Waals surface area contributed by atoms with Crippen molar-refractivity contribution >= 4 is 62.3 Å². The number of amides is 2. The van der Waals surface area contributed by atoms with Crippen LogP contribution in [0.3, 0.4) is 0 Å². The first-order valence-corrected chi connectivity index (χ1v) is 15.3. The second kappa shape index (κ2) is 13.7. The lowest BCUT2D eigenvalue weighted by molar-refractivity contribution is -0.139. The highest BCUT2D eigenvalue weighted by atomic mass is 35.5. The van der Waals surface area contributed by atoms with Crippen molar-refractivity contribution in [2.75, 3.05) is 10.8 Å². The highest BCUT2D eigenvalue weighted by Gasteiger charge is 2.33. The fourth-order valence-electron chi connectivity index (χ4n) is 3.86. The van der Waals surface area contributed by atoms with Crippen LogP contribution in [0.4, 0.5) is 5.69 Å². The lowest BCUT2D eigenvalue weighted by atomic mass is 10.1. The van der Waals surface area contributed by atoms with Gasteiger partial charge in [-0.3, -0.25) is 13.9 Å². The maximum absolute atomic E-state index is 14.0. The Morgan fingerprint density at radius 2 is 1.50 bits per heavy atom. The van der Waals surface area contributed by atoms with Crippen molar-refractivity contribution in [2.24, 2.45) is 0 Å². The molecule has 0 spiro atoms. The summed E-state index contributed by atoms with van der Waals surface area (Å²) in [7, 11) is -4.18. The highest BCUT2D eigenvalue weighted by Crippen LogP contribution is 2.27. The molecule has 0 aliphatic heterocycles. The second-order valence-electron chi connectivity index (χ2n) is 9.55. The maximum atomic E-state index is 14.0. The number of anilines is 1. The molecule has 3 rings (SSSR count). The molecular formula is C29H32Cl3N3O4S. The van der Waals surface area contributed by atoms with Gasteiger partial charge in [0.25, 0.3) is 10.0 Å². The summed E-state index contributed by atoms with van der Waals surface area (Å²) in [6.45, 7) is 6.69. The van der Waals surface area contributed by atoms with Gasteiger partial charge < -0.3 is 10.2 Å². The van der Waals surface area contributed by atoms with Gasteiger partial charge in [-0.15, -0.1) is 0 Å². The number of halogens is 3. The van der Waals surface area contributed by atoms with Gasteiger partial charge in [-0.25, -0.2) is 8.42 Å². The average molecular weight is 625 g/mol.